The van der Waals surface area contributed by atoms with Gasteiger partial charge in [-0.2, -0.15) is 0 Å². The Morgan fingerprint density at radius 1 is 1.17 bits per heavy atom. The molecule has 0 saturated heterocycles. The molecule has 1 aromatic heterocycles. The number of ether oxygens (including phenoxy) is 3. The van der Waals surface area contributed by atoms with Gasteiger partial charge in [0.2, 0.25) is 0 Å². The summed E-state index contributed by atoms with van der Waals surface area (Å²) in [6.07, 6.45) is -1.18. The van der Waals surface area contributed by atoms with Crippen molar-refractivity contribution in [1.82, 2.24) is 0 Å². The summed E-state index contributed by atoms with van der Waals surface area (Å²) in [4.78, 5) is 49.2. The normalized spacial score (nSPS) is 11.3. The van der Waals surface area contributed by atoms with Crippen LogP contribution in [-0.4, -0.2) is 43.6 Å². The van der Waals surface area contributed by atoms with Gasteiger partial charge in [-0.15, -0.1) is 11.3 Å². The van der Waals surface area contributed by atoms with E-state index in [9.17, 15) is 19.2 Å². The molecule has 2 aromatic rings. The summed E-state index contributed by atoms with van der Waals surface area (Å²) in [5, 5.41) is 2.62. The second kappa shape index (κ2) is 9.88. The molecule has 1 heterocycles. The van der Waals surface area contributed by atoms with Crippen LogP contribution in [0.2, 0.25) is 0 Å². The summed E-state index contributed by atoms with van der Waals surface area (Å²) < 4.78 is 14.9. The van der Waals surface area contributed by atoms with Crippen LogP contribution in [0.4, 0.5) is 10.7 Å². The molecular formula is C20H22N2O7S. The van der Waals surface area contributed by atoms with Crippen molar-refractivity contribution in [2.75, 3.05) is 24.8 Å². The lowest BCUT2D eigenvalue weighted by atomic mass is 10.1. The maximum absolute atomic E-state index is 12.6. The number of thiophene rings is 1. The molecule has 0 fully saturated rings. The number of anilines is 2. The van der Waals surface area contributed by atoms with Gasteiger partial charge in [0, 0.05) is 5.69 Å². The largest absolute Gasteiger partial charge is 0.465 e. The Balaban J connectivity index is 2.22. The molecule has 0 radical (unpaired) electrons. The van der Waals surface area contributed by atoms with Crippen molar-refractivity contribution >= 4 is 45.8 Å². The number of nitrogens with one attached hydrogen (secondary N) is 1. The lowest BCUT2D eigenvalue weighted by molar-refractivity contribution is -0.123. The van der Waals surface area contributed by atoms with E-state index >= 15 is 0 Å². The molecule has 1 atom stereocenters. The van der Waals surface area contributed by atoms with Crippen molar-refractivity contribution in [1.29, 1.82) is 0 Å². The molecule has 0 aliphatic carbocycles. The molecule has 0 spiro atoms. The van der Waals surface area contributed by atoms with Crippen LogP contribution in [0.5, 0.6) is 0 Å². The number of nitrogens with two attached hydrogens (primary N) is 1. The molecule has 0 bridgehead atoms. The second-order valence-corrected chi connectivity index (χ2v) is 7.16. The van der Waals surface area contributed by atoms with Gasteiger partial charge < -0.3 is 25.3 Å². The van der Waals surface area contributed by atoms with Gasteiger partial charge in [0.25, 0.3) is 5.91 Å². The van der Waals surface area contributed by atoms with Gasteiger partial charge in [-0.05, 0) is 44.5 Å². The number of rotatable bonds is 7. The monoisotopic (exact) mass is 434 g/mol. The number of amides is 1. The van der Waals surface area contributed by atoms with Crippen LogP contribution in [0.25, 0.3) is 0 Å². The van der Waals surface area contributed by atoms with Crippen LogP contribution < -0.4 is 11.1 Å². The van der Waals surface area contributed by atoms with E-state index in [1.807, 2.05) is 0 Å². The Kier molecular flexibility index (Phi) is 7.54. The maximum Gasteiger partial charge on any atom is 0.348 e. The zero-order chi connectivity index (χ0) is 22.4. The highest BCUT2D eigenvalue weighted by molar-refractivity contribution is 7.18. The highest BCUT2D eigenvalue weighted by Gasteiger charge is 2.28. The van der Waals surface area contributed by atoms with E-state index in [-0.39, 0.29) is 27.6 Å². The van der Waals surface area contributed by atoms with Crippen molar-refractivity contribution in [3.63, 3.8) is 0 Å². The first-order valence-electron chi connectivity index (χ1n) is 8.95. The summed E-state index contributed by atoms with van der Waals surface area (Å²) in [7, 11) is 1.19. The molecule has 2 rings (SSSR count). The number of hydrogen-bond acceptors (Lipinski definition) is 9. The standard InChI is InChI=1S/C20H22N2O7S/c1-5-28-20(26)15-10(2)14(19(25)27-4)17(30-15)22-16(23)11(3)29-18(24)12-7-6-8-13(21)9-12/h6-9,11H,5,21H2,1-4H3,(H,22,23). The lowest BCUT2D eigenvalue weighted by Gasteiger charge is -2.13. The average molecular weight is 434 g/mol. The number of nitrogen functional groups attached to an aromatic ring is 1. The lowest BCUT2D eigenvalue weighted by Crippen LogP contribution is -2.30. The first-order chi connectivity index (χ1) is 14.2. The van der Waals surface area contributed by atoms with Crippen LogP contribution in [0.1, 0.15) is 49.8 Å². The number of methoxy groups -OCH3 is 1. The van der Waals surface area contributed by atoms with E-state index in [2.05, 4.69) is 5.32 Å². The minimum atomic E-state index is -1.18. The zero-order valence-electron chi connectivity index (χ0n) is 16.9. The summed E-state index contributed by atoms with van der Waals surface area (Å²) in [6, 6.07) is 6.13. The summed E-state index contributed by atoms with van der Waals surface area (Å²) in [5.74, 6) is -2.76. The van der Waals surface area contributed by atoms with E-state index in [1.165, 1.54) is 26.2 Å². The van der Waals surface area contributed by atoms with Gasteiger partial charge in [-0.1, -0.05) is 6.07 Å². The molecule has 1 unspecified atom stereocenters. The fourth-order valence-corrected chi connectivity index (χ4v) is 3.59. The fourth-order valence-electron chi connectivity index (χ4n) is 2.50. The third-order valence-electron chi connectivity index (χ3n) is 4.01. The van der Waals surface area contributed by atoms with Crippen molar-refractivity contribution < 1.29 is 33.4 Å². The topological polar surface area (TPSA) is 134 Å². The highest BCUT2D eigenvalue weighted by Crippen LogP contribution is 2.34. The Hall–Kier alpha value is -3.40. The van der Waals surface area contributed by atoms with Gasteiger partial charge in [-0.3, -0.25) is 4.79 Å². The number of carbonyl (C=O) groups excluding carboxylic acids is 4. The third-order valence-corrected chi connectivity index (χ3v) is 5.20. The molecule has 0 saturated carbocycles. The van der Waals surface area contributed by atoms with Crippen molar-refractivity contribution in [2.24, 2.45) is 0 Å². The van der Waals surface area contributed by atoms with Gasteiger partial charge in [-0.25, -0.2) is 14.4 Å². The minimum absolute atomic E-state index is 0.0354. The molecule has 1 aromatic carbocycles. The van der Waals surface area contributed by atoms with Crippen molar-refractivity contribution in [3.8, 4) is 0 Å². The van der Waals surface area contributed by atoms with Gasteiger partial charge in [0.05, 0.1) is 24.8 Å². The maximum atomic E-state index is 12.6. The molecule has 9 nitrogen and oxygen atoms in total. The van der Waals surface area contributed by atoms with Crippen LogP contribution in [-0.2, 0) is 19.0 Å². The van der Waals surface area contributed by atoms with Crippen LogP contribution in [0.3, 0.4) is 0 Å². The smallest absolute Gasteiger partial charge is 0.348 e. The molecule has 0 aliphatic heterocycles. The Morgan fingerprint density at radius 3 is 2.47 bits per heavy atom. The molecule has 0 aliphatic rings. The Bertz CT molecular complexity index is 984. The van der Waals surface area contributed by atoms with E-state index < -0.39 is 29.9 Å². The molecule has 160 valence electrons. The SMILES string of the molecule is CCOC(=O)c1sc(NC(=O)C(C)OC(=O)c2cccc(N)c2)c(C(=O)OC)c1C. The minimum Gasteiger partial charge on any atom is -0.465 e. The number of carbonyl (C=O) groups is 4. The number of hydrogen-bond donors (Lipinski definition) is 2. The average Bonchev–Trinajstić information content (AvgIpc) is 3.03. The quantitative estimate of drug-likeness (QED) is 0.386. The molecule has 30 heavy (non-hydrogen) atoms. The van der Waals surface area contributed by atoms with Crippen LogP contribution in [0.15, 0.2) is 24.3 Å². The molecule has 3 N–H and O–H groups in total. The zero-order valence-corrected chi connectivity index (χ0v) is 17.8. The van der Waals surface area contributed by atoms with Crippen LogP contribution in [0, 0.1) is 6.92 Å². The first-order valence-corrected chi connectivity index (χ1v) is 9.77. The van der Waals surface area contributed by atoms with E-state index in [4.69, 9.17) is 19.9 Å². The number of esters is 3. The molecule has 1 amide bonds. The van der Waals surface area contributed by atoms with Gasteiger partial charge in [0.1, 0.15) is 9.88 Å². The van der Waals surface area contributed by atoms with Crippen LogP contribution >= 0.6 is 11.3 Å². The second-order valence-electron chi connectivity index (χ2n) is 6.13. The molecular weight excluding hydrogens is 412 g/mol. The van der Waals surface area contributed by atoms with E-state index in [0.717, 1.165) is 11.3 Å². The molecule has 10 heteroatoms. The summed E-state index contributed by atoms with van der Waals surface area (Å²) >= 11 is 0.877. The predicted molar refractivity (Wildman–Crippen MR) is 111 cm³/mol. The summed E-state index contributed by atoms with van der Waals surface area (Å²) in [6.45, 7) is 4.74. The summed E-state index contributed by atoms with van der Waals surface area (Å²) in [5.41, 5.74) is 6.58. The Morgan fingerprint density at radius 2 is 1.87 bits per heavy atom. The number of benzene rings is 1. The van der Waals surface area contributed by atoms with E-state index in [0.29, 0.717) is 11.3 Å². The van der Waals surface area contributed by atoms with Gasteiger partial charge in [0.15, 0.2) is 6.10 Å². The highest BCUT2D eigenvalue weighted by atomic mass is 32.1. The third kappa shape index (κ3) is 5.15. The predicted octanol–water partition coefficient (Wildman–Crippen LogP) is 2.79. The van der Waals surface area contributed by atoms with Crippen molar-refractivity contribution in [3.05, 3.63) is 45.8 Å². The van der Waals surface area contributed by atoms with Crippen molar-refractivity contribution in [2.45, 2.75) is 26.9 Å². The van der Waals surface area contributed by atoms with E-state index in [1.54, 1.807) is 26.0 Å². The first kappa shape index (κ1) is 22.9. The Labute approximate surface area is 177 Å². The fraction of sp³-hybridized carbons (Fsp3) is 0.300. The van der Waals surface area contributed by atoms with Gasteiger partial charge >= 0.3 is 17.9 Å².